The summed E-state index contributed by atoms with van der Waals surface area (Å²) in [5, 5.41) is 3.03. The largest absolute Gasteiger partial charge is 0.371 e. The first-order chi connectivity index (χ1) is 7.18. The van der Waals surface area contributed by atoms with Gasteiger partial charge < -0.3 is 10.1 Å². The normalized spacial score (nSPS) is 16.5. The zero-order chi connectivity index (χ0) is 10.8. The quantitative estimate of drug-likeness (QED) is 0.856. The van der Waals surface area contributed by atoms with Crippen molar-refractivity contribution in [2.45, 2.75) is 12.7 Å². The number of halogens is 3. The van der Waals surface area contributed by atoms with Gasteiger partial charge in [-0.25, -0.2) is 8.78 Å². The molecule has 2 nitrogen and oxygen atoms in total. The van der Waals surface area contributed by atoms with Crippen molar-refractivity contribution >= 4 is 15.9 Å². The van der Waals surface area contributed by atoms with Gasteiger partial charge in [-0.05, 0) is 22.0 Å². The molecule has 1 aliphatic rings. The van der Waals surface area contributed by atoms with Crippen LogP contribution in [0.5, 0.6) is 0 Å². The van der Waals surface area contributed by atoms with E-state index in [2.05, 4.69) is 21.2 Å². The van der Waals surface area contributed by atoms with Gasteiger partial charge in [0.15, 0.2) is 11.6 Å². The molecule has 5 heteroatoms. The fourth-order valence-corrected chi connectivity index (χ4v) is 1.57. The van der Waals surface area contributed by atoms with Gasteiger partial charge in [-0.15, -0.1) is 0 Å². The molecule has 0 bridgehead atoms. The van der Waals surface area contributed by atoms with Gasteiger partial charge >= 0.3 is 0 Å². The number of nitrogens with one attached hydrogen (secondary N) is 1. The van der Waals surface area contributed by atoms with Gasteiger partial charge in [0.1, 0.15) is 0 Å². The number of rotatable bonds is 3. The van der Waals surface area contributed by atoms with Gasteiger partial charge in [0.05, 0.1) is 17.2 Å². The second-order valence-electron chi connectivity index (χ2n) is 3.43. The molecule has 1 aromatic carbocycles. The number of hydrogen-bond donors (Lipinski definition) is 1. The highest BCUT2D eigenvalue weighted by atomic mass is 79.9. The van der Waals surface area contributed by atoms with E-state index in [1.165, 1.54) is 12.1 Å². The molecule has 0 spiro atoms. The van der Waals surface area contributed by atoms with Crippen molar-refractivity contribution in [3.05, 3.63) is 33.8 Å². The molecule has 1 fully saturated rings. The van der Waals surface area contributed by atoms with Crippen molar-refractivity contribution in [2.75, 3.05) is 13.1 Å². The lowest BCUT2D eigenvalue weighted by atomic mass is 10.2. The molecule has 15 heavy (non-hydrogen) atoms. The molecule has 0 atom stereocenters. The van der Waals surface area contributed by atoms with E-state index in [0.717, 1.165) is 13.1 Å². The van der Waals surface area contributed by atoms with Crippen LogP contribution in [-0.2, 0) is 11.3 Å². The second kappa shape index (κ2) is 4.55. The standard InChI is InChI=1S/C10H10BrF2NO/c11-8-2-1-6(9(12)10(8)13)5-15-7-3-14-4-7/h1-2,7,14H,3-5H2. The van der Waals surface area contributed by atoms with Gasteiger partial charge in [0.2, 0.25) is 0 Å². The summed E-state index contributed by atoms with van der Waals surface area (Å²) in [7, 11) is 0. The molecular weight excluding hydrogens is 268 g/mol. The fourth-order valence-electron chi connectivity index (χ4n) is 1.27. The average molecular weight is 278 g/mol. The van der Waals surface area contributed by atoms with Crippen molar-refractivity contribution in [3.8, 4) is 0 Å². The summed E-state index contributed by atoms with van der Waals surface area (Å²) in [4.78, 5) is 0. The van der Waals surface area contributed by atoms with E-state index in [0.29, 0.717) is 0 Å². The van der Waals surface area contributed by atoms with E-state index in [4.69, 9.17) is 4.74 Å². The van der Waals surface area contributed by atoms with Crippen LogP contribution in [0.1, 0.15) is 5.56 Å². The van der Waals surface area contributed by atoms with Crippen molar-refractivity contribution < 1.29 is 13.5 Å². The molecule has 1 N–H and O–H groups in total. The monoisotopic (exact) mass is 277 g/mol. The molecule has 0 aliphatic carbocycles. The van der Waals surface area contributed by atoms with Crippen molar-refractivity contribution in [1.82, 2.24) is 5.32 Å². The molecule has 0 aromatic heterocycles. The molecule has 0 saturated carbocycles. The van der Waals surface area contributed by atoms with Gasteiger partial charge in [-0.3, -0.25) is 0 Å². The first kappa shape index (κ1) is 11.0. The van der Waals surface area contributed by atoms with E-state index in [1.807, 2.05) is 0 Å². The van der Waals surface area contributed by atoms with E-state index in [-0.39, 0.29) is 22.7 Å². The fraction of sp³-hybridized carbons (Fsp3) is 0.400. The zero-order valence-electron chi connectivity index (χ0n) is 7.90. The number of benzene rings is 1. The second-order valence-corrected chi connectivity index (χ2v) is 4.28. The third-order valence-electron chi connectivity index (χ3n) is 2.33. The maximum absolute atomic E-state index is 13.3. The van der Waals surface area contributed by atoms with Crippen molar-refractivity contribution in [2.24, 2.45) is 0 Å². The first-order valence-corrected chi connectivity index (χ1v) is 5.42. The molecule has 0 unspecified atom stereocenters. The van der Waals surface area contributed by atoms with Gasteiger partial charge in [0, 0.05) is 18.7 Å². The molecule has 1 saturated heterocycles. The Bertz CT molecular complexity index is 369. The Kier molecular flexibility index (Phi) is 3.33. The lowest BCUT2D eigenvalue weighted by molar-refractivity contribution is 0.00615. The molecule has 2 rings (SSSR count). The Morgan fingerprint density at radius 3 is 2.67 bits per heavy atom. The molecule has 1 aromatic rings. The van der Waals surface area contributed by atoms with Crippen LogP contribution < -0.4 is 5.32 Å². The highest BCUT2D eigenvalue weighted by molar-refractivity contribution is 9.10. The van der Waals surface area contributed by atoms with Gasteiger partial charge in [0.25, 0.3) is 0 Å². The van der Waals surface area contributed by atoms with Crippen LogP contribution in [0, 0.1) is 11.6 Å². The first-order valence-electron chi connectivity index (χ1n) is 4.63. The van der Waals surface area contributed by atoms with E-state index < -0.39 is 11.6 Å². The Morgan fingerprint density at radius 2 is 2.07 bits per heavy atom. The summed E-state index contributed by atoms with van der Waals surface area (Å²) in [6.07, 6.45) is 0.121. The Morgan fingerprint density at radius 1 is 1.33 bits per heavy atom. The molecule has 0 amide bonds. The molecule has 1 heterocycles. The summed E-state index contributed by atoms with van der Waals surface area (Å²) >= 11 is 2.92. The molecule has 0 radical (unpaired) electrons. The van der Waals surface area contributed by atoms with Gasteiger partial charge in [-0.1, -0.05) is 6.07 Å². The molecule has 1 aliphatic heterocycles. The smallest absolute Gasteiger partial charge is 0.173 e. The summed E-state index contributed by atoms with van der Waals surface area (Å²) in [5.74, 6) is -1.69. The number of ether oxygens (including phenoxy) is 1. The molecule has 82 valence electrons. The summed E-state index contributed by atoms with van der Waals surface area (Å²) in [6, 6.07) is 3.00. The minimum atomic E-state index is -0.858. The number of hydrogen-bond acceptors (Lipinski definition) is 2. The SMILES string of the molecule is Fc1c(Br)ccc(COC2CNC2)c1F. The maximum atomic E-state index is 13.3. The highest BCUT2D eigenvalue weighted by Gasteiger charge is 2.18. The Labute approximate surface area is 94.7 Å². The van der Waals surface area contributed by atoms with Crippen LogP contribution >= 0.6 is 15.9 Å². The summed E-state index contributed by atoms with van der Waals surface area (Å²) < 4.78 is 31.9. The zero-order valence-corrected chi connectivity index (χ0v) is 9.48. The van der Waals surface area contributed by atoms with Gasteiger partial charge in [-0.2, -0.15) is 0 Å². The predicted octanol–water partition coefficient (Wildman–Crippen LogP) is 2.22. The molecular formula is C10H10BrF2NO. The van der Waals surface area contributed by atoms with Crippen LogP contribution in [-0.4, -0.2) is 19.2 Å². The van der Waals surface area contributed by atoms with E-state index in [1.54, 1.807) is 0 Å². The summed E-state index contributed by atoms with van der Waals surface area (Å²) in [5.41, 5.74) is 0.252. The van der Waals surface area contributed by atoms with Crippen molar-refractivity contribution in [3.63, 3.8) is 0 Å². The third-order valence-corrected chi connectivity index (χ3v) is 2.95. The van der Waals surface area contributed by atoms with Crippen LogP contribution in [0.25, 0.3) is 0 Å². The topological polar surface area (TPSA) is 21.3 Å². The van der Waals surface area contributed by atoms with Crippen molar-refractivity contribution in [1.29, 1.82) is 0 Å². The minimum Gasteiger partial charge on any atom is -0.371 e. The minimum absolute atomic E-state index is 0.113. The summed E-state index contributed by atoms with van der Waals surface area (Å²) in [6.45, 7) is 1.67. The van der Waals surface area contributed by atoms with E-state index >= 15 is 0 Å². The van der Waals surface area contributed by atoms with Crippen LogP contribution in [0.3, 0.4) is 0 Å². The van der Waals surface area contributed by atoms with Crippen LogP contribution in [0.15, 0.2) is 16.6 Å². The highest BCUT2D eigenvalue weighted by Crippen LogP contribution is 2.21. The van der Waals surface area contributed by atoms with Crippen LogP contribution in [0.4, 0.5) is 8.78 Å². The predicted molar refractivity (Wildman–Crippen MR) is 55.5 cm³/mol. The third kappa shape index (κ3) is 2.35. The van der Waals surface area contributed by atoms with Crippen LogP contribution in [0.2, 0.25) is 0 Å². The lowest BCUT2D eigenvalue weighted by Gasteiger charge is -2.27. The lowest BCUT2D eigenvalue weighted by Crippen LogP contribution is -2.48. The van der Waals surface area contributed by atoms with E-state index in [9.17, 15) is 8.78 Å². The average Bonchev–Trinajstić information content (AvgIpc) is 2.15. The maximum Gasteiger partial charge on any atom is 0.173 e. The Hall–Kier alpha value is -0.520. The Balaban J connectivity index is 2.04.